The standard InChI is InChI=1S/C27H39N7O2/c1-27(2,3)36-26(35)34-16-21-23(18-34)29-25(32(5)15-19-8-7-12-31(4)14-19)30-24(21)33-13-10-20-9-6-11-28-22(20)17-33/h6,9,11,19H,7-8,10,12-18H2,1-5H3. The van der Waals surface area contributed by atoms with Crippen LogP contribution in [0.15, 0.2) is 18.3 Å². The highest BCUT2D eigenvalue weighted by atomic mass is 16.6. The van der Waals surface area contributed by atoms with E-state index in [1.807, 2.05) is 33.0 Å². The Hall–Kier alpha value is -2.94. The maximum absolute atomic E-state index is 12.9. The van der Waals surface area contributed by atoms with Crippen LogP contribution in [-0.2, 0) is 30.8 Å². The molecule has 194 valence electrons. The first kappa shape index (κ1) is 24.7. The number of hydrogen-bond donors (Lipinski definition) is 0. The molecule has 5 rings (SSSR count). The van der Waals surface area contributed by atoms with Gasteiger partial charge in [0.25, 0.3) is 0 Å². The van der Waals surface area contributed by atoms with Crippen LogP contribution in [0.3, 0.4) is 0 Å². The van der Waals surface area contributed by atoms with Gasteiger partial charge in [0.05, 0.1) is 31.0 Å². The Morgan fingerprint density at radius 2 is 2.00 bits per heavy atom. The summed E-state index contributed by atoms with van der Waals surface area (Å²) in [7, 11) is 4.29. The highest BCUT2D eigenvalue weighted by Gasteiger charge is 2.34. The minimum absolute atomic E-state index is 0.308. The molecule has 0 radical (unpaired) electrons. The van der Waals surface area contributed by atoms with Crippen LogP contribution in [0, 0.1) is 5.92 Å². The zero-order valence-electron chi connectivity index (χ0n) is 22.3. The van der Waals surface area contributed by atoms with Gasteiger partial charge in [-0.15, -0.1) is 0 Å². The lowest BCUT2D eigenvalue weighted by molar-refractivity contribution is 0.0241. The molecule has 1 fully saturated rings. The number of pyridine rings is 1. The number of carbonyl (C=O) groups excluding carboxylic acids is 1. The minimum Gasteiger partial charge on any atom is -0.444 e. The zero-order valence-corrected chi connectivity index (χ0v) is 22.3. The van der Waals surface area contributed by atoms with Crippen molar-refractivity contribution >= 4 is 17.9 Å². The normalized spacial score (nSPS) is 20.2. The Labute approximate surface area is 214 Å². The fraction of sp³-hybridized carbons (Fsp3) is 0.630. The maximum Gasteiger partial charge on any atom is 0.410 e. The summed E-state index contributed by atoms with van der Waals surface area (Å²) in [6.45, 7) is 11.4. The van der Waals surface area contributed by atoms with Crippen LogP contribution in [0.25, 0.3) is 0 Å². The Balaban J connectivity index is 1.43. The van der Waals surface area contributed by atoms with Crippen LogP contribution >= 0.6 is 0 Å². The van der Waals surface area contributed by atoms with Crippen molar-refractivity contribution in [3.8, 4) is 0 Å². The molecule has 2 aromatic heterocycles. The molecular formula is C27H39N7O2. The van der Waals surface area contributed by atoms with E-state index in [4.69, 9.17) is 14.7 Å². The van der Waals surface area contributed by atoms with Gasteiger partial charge in [-0.1, -0.05) is 6.07 Å². The number of ether oxygens (including phenoxy) is 1. The molecule has 0 aliphatic carbocycles. The van der Waals surface area contributed by atoms with Crippen molar-refractivity contribution in [2.24, 2.45) is 5.92 Å². The van der Waals surface area contributed by atoms with Crippen LogP contribution < -0.4 is 9.80 Å². The first-order valence-corrected chi connectivity index (χ1v) is 13.1. The number of fused-ring (bicyclic) bond motifs is 2. The number of amides is 1. The molecule has 1 unspecified atom stereocenters. The van der Waals surface area contributed by atoms with Gasteiger partial charge in [0.1, 0.15) is 11.4 Å². The van der Waals surface area contributed by atoms with E-state index in [0.29, 0.717) is 25.6 Å². The van der Waals surface area contributed by atoms with Gasteiger partial charge in [0, 0.05) is 38.4 Å². The first-order chi connectivity index (χ1) is 17.2. The molecular weight excluding hydrogens is 454 g/mol. The highest BCUT2D eigenvalue weighted by molar-refractivity contribution is 5.70. The molecule has 0 N–H and O–H groups in total. The van der Waals surface area contributed by atoms with Crippen LogP contribution in [0.5, 0.6) is 0 Å². The van der Waals surface area contributed by atoms with Gasteiger partial charge < -0.3 is 19.4 Å². The third kappa shape index (κ3) is 5.40. The van der Waals surface area contributed by atoms with Crippen molar-refractivity contribution in [2.45, 2.75) is 65.3 Å². The second-order valence-electron chi connectivity index (χ2n) is 11.5. The third-order valence-electron chi connectivity index (χ3n) is 7.27. The van der Waals surface area contributed by atoms with E-state index >= 15 is 0 Å². The van der Waals surface area contributed by atoms with Gasteiger partial charge in [-0.2, -0.15) is 4.98 Å². The Bertz CT molecular complexity index is 1120. The number of rotatable bonds is 4. The number of likely N-dealkylation sites (tertiary alicyclic amines) is 1. The number of piperidine rings is 1. The summed E-state index contributed by atoms with van der Waals surface area (Å²) in [6, 6.07) is 4.17. The van der Waals surface area contributed by atoms with Gasteiger partial charge in [-0.05, 0) is 71.2 Å². The Morgan fingerprint density at radius 3 is 2.78 bits per heavy atom. The SMILES string of the molecule is CN1CCCC(CN(C)c2nc3c(c(N4CCc5cccnc5C4)n2)CN(C(=O)OC(C)(C)C)C3)C1. The van der Waals surface area contributed by atoms with Crippen LogP contribution in [0.1, 0.15) is 56.1 Å². The molecule has 3 aliphatic heterocycles. The molecule has 0 saturated carbocycles. The summed E-state index contributed by atoms with van der Waals surface area (Å²) in [4.78, 5) is 36.3. The van der Waals surface area contributed by atoms with Gasteiger partial charge >= 0.3 is 6.09 Å². The van der Waals surface area contributed by atoms with E-state index < -0.39 is 5.60 Å². The number of anilines is 2. The van der Waals surface area contributed by atoms with Crippen LogP contribution in [0.4, 0.5) is 16.6 Å². The van der Waals surface area contributed by atoms with Crippen molar-refractivity contribution in [3.63, 3.8) is 0 Å². The molecule has 36 heavy (non-hydrogen) atoms. The predicted octanol–water partition coefficient (Wildman–Crippen LogP) is 3.46. The van der Waals surface area contributed by atoms with Gasteiger partial charge in [-0.3, -0.25) is 9.88 Å². The lowest BCUT2D eigenvalue weighted by atomic mass is 9.98. The van der Waals surface area contributed by atoms with Gasteiger partial charge in [-0.25, -0.2) is 9.78 Å². The largest absolute Gasteiger partial charge is 0.444 e. The predicted molar refractivity (Wildman–Crippen MR) is 140 cm³/mol. The van der Waals surface area contributed by atoms with Crippen molar-refractivity contribution in [3.05, 3.63) is 40.8 Å². The monoisotopic (exact) mass is 493 g/mol. The number of nitrogens with zero attached hydrogens (tertiary/aromatic N) is 7. The fourth-order valence-corrected chi connectivity index (χ4v) is 5.54. The Kier molecular flexibility index (Phi) is 6.76. The second-order valence-corrected chi connectivity index (χ2v) is 11.5. The maximum atomic E-state index is 12.9. The summed E-state index contributed by atoms with van der Waals surface area (Å²) in [5, 5.41) is 0. The average Bonchev–Trinajstić information content (AvgIpc) is 3.27. The van der Waals surface area contributed by atoms with Crippen LogP contribution in [-0.4, -0.2) is 76.7 Å². The summed E-state index contributed by atoms with van der Waals surface area (Å²) in [5.74, 6) is 2.25. The molecule has 0 spiro atoms. The van der Waals surface area contributed by atoms with E-state index in [-0.39, 0.29) is 6.09 Å². The number of hydrogen-bond acceptors (Lipinski definition) is 8. The lowest BCUT2D eigenvalue weighted by Gasteiger charge is -2.33. The topological polar surface area (TPSA) is 77.9 Å². The van der Waals surface area contributed by atoms with E-state index in [1.54, 1.807) is 4.90 Å². The van der Waals surface area contributed by atoms with Gasteiger partial charge in [0.2, 0.25) is 5.95 Å². The van der Waals surface area contributed by atoms with Crippen molar-refractivity contribution in [1.29, 1.82) is 0 Å². The summed E-state index contributed by atoms with van der Waals surface area (Å²) in [5.41, 5.74) is 3.79. The molecule has 0 bridgehead atoms. The van der Waals surface area contributed by atoms with Crippen LogP contribution in [0.2, 0.25) is 0 Å². The summed E-state index contributed by atoms with van der Waals surface area (Å²) < 4.78 is 5.67. The average molecular weight is 494 g/mol. The molecule has 3 aliphatic rings. The van der Waals surface area contributed by atoms with E-state index in [1.165, 1.54) is 24.9 Å². The van der Waals surface area contributed by atoms with E-state index in [9.17, 15) is 4.79 Å². The number of carbonyl (C=O) groups is 1. The smallest absolute Gasteiger partial charge is 0.410 e. The quantitative estimate of drug-likeness (QED) is 0.641. The van der Waals surface area contributed by atoms with Crippen molar-refractivity contribution < 1.29 is 9.53 Å². The highest BCUT2D eigenvalue weighted by Crippen LogP contribution is 2.34. The molecule has 0 aromatic carbocycles. The summed E-state index contributed by atoms with van der Waals surface area (Å²) >= 11 is 0. The molecule has 5 heterocycles. The first-order valence-electron chi connectivity index (χ1n) is 13.1. The third-order valence-corrected chi connectivity index (χ3v) is 7.27. The zero-order chi connectivity index (χ0) is 25.4. The van der Waals surface area contributed by atoms with Crippen molar-refractivity contribution in [1.82, 2.24) is 24.8 Å². The summed E-state index contributed by atoms with van der Waals surface area (Å²) in [6.07, 6.45) is 4.94. The van der Waals surface area contributed by atoms with Gasteiger partial charge in [0.15, 0.2) is 0 Å². The molecule has 1 atom stereocenters. The molecule has 9 heteroatoms. The molecule has 9 nitrogen and oxygen atoms in total. The molecule has 2 aromatic rings. The lowest BCUT2D eigenvalue weighted by Crippen LogP contribution is -2.39. The Morgan fingerprint density at radius 1 is 1.17 bits per heavy atom. The number of aromatic nitrogens is 3. The van der Waals surface area contributed by atoms with E-state index in [0.717, 1.165) is 54.8 Å². The fourth-order valence-electron chi connectivity index (χ4n) is 5.54. The molecule has 1 amide bonds. The second kappa shape index (κ2) is 9.84. The van der Waals surface area contributed by atoms with Crippen molar-refractivity contribution in [2.75, 3.05) is 50.1 Å². The minimum atomic E-state index is -0.541. The van der Waals surface area contributed by atoms with E-state index in [2.05, 4.69) is 39.8 Å². The molecule has 1 saturated heterocycles.